The highest BCUT2D eigenvalue weighted by Crippen LogP contribution is 2.27. The van der Waals surface area contributed by atoms with Gasteiger partial charge in [0, 0.05) is 39.9 Å². The highest BCUT2D eigenvalue weighted by atomic mass is 79.9. The topological polar surface area (TPSA) is 73.4 Å². The van der Waals surface area contributed by atoms with E-state index in [-0.39, 0.29) is 5.91 Å². The molecule has 0 spiro atoms. The average molecular weight is 550 g/mol. The zero-order valence-electron chi connectivity index (χ0n) is 20.5. The Hall–Kier alpha value is -2.81. The number of aromatic nitrogens is 2. The van der Waals surface area contributed by atoms with E-state index in [1.54, 1.807) is 12.4 Å². The summed E-state index contributed by atoms with van der Waals surface area (Å²) in [5.41, 5.74) is 2.44. The Balaban J connectivity index is 1.15. The fourth-order valence-electron chi connectivity index (χ4n) is 5.18. The van der Waals surface area contributed by atoms with Crippen molar-refractivity contribution in [1.29, 1.82) is 0 Å². The summed E-state index contributed by atoms with van der Waals surface area (Å²) in [4.78, 5) is 26.5. The molecule has 2 saturated heterocycles. The Labute approximate surface area is 221 Å². The van der Waals surface area contributed by atoms with Crippen molar-refractivity contribution in [1.82, 2.24) is 19.8 Å². The van der Waals surface area contributed by atoms with Gasteiger partial charge in [-0.05, 0) is 88.3 Å². The number of benzene rings is 2. The fourth-order valence-corrected chi connectivity index (χ4v) is 5.58. The maximum Gasteiger partial charge on any atom is 0.248 e. The molecule has 2 aromatic carbocycles. The third-order valence-electron chi connectivity index (χ3n) is 7.09. The quantitative estimate of drug-likeness (QED) is 0.375. The van der Waals surface area contributed by atoms with Crippen LogP contribution in [0.25, 0.3) is 10.9 Å². The number of likely N-dealkylation sites (tertiary alicyclic amines) is 2. The zero-order valence-corrected chi connectivity index (χ0v) is 22.1. The molecule has 0 bridgehead atoms. The largest absolute Gasteiger partial charge is 0.340 e. The molecule has 1 aromatic heterocycles. The van der Waals surface area contributed by atoms with E-state index in [0.717, 1.165) is 46.7 Å². The molecule has 1 amide bonds. The summed E-state index contributed by atoms with van der Waals surface area (Å²) >= 11 is 3.50. The third kappa shape index (κ3) is 6.49. The van der Waals surface area contributed by atoms with Crippen molar-refractivity contribution in [2.45, 2.75) is 38.1 Å². The first-order chi connectivity index (χ1) is 17.6. The Morgan fingerprint density at radius 1 is 1.00 bits per heavy atom. The summed E-state index contributed by atoms with van der Waals surface area (Å²) in [6.45, 7) is 5.56. The van der Waals surface area contributed by atoms with Gasteiger partial charge in [-0.25, -0.2) is 9.97 Å². The summed E-state index contributed by atoms with van der Waals surface area (Å²) in [5.74, 6) is 0.564. The lowest BCUT2D eigenvalue weighted by Gasteiger charge is -2.40. The van der Waals surface area contributed by atoms with Crippen molar-refractivity contribution in [2.24, 2.45) is 0 Å². The predicted octanol–water partition coefficient (Wildman–Crippen LogP) is 5.58. The number of halogens is 1. The van der Waals surface area contributed by atoms with Crippen LogP contribution in [0, 0.1) is 0 Å². The minimum absolute atomic E-state index is 0.129. The summed E-state index contributed by atoms with van der Waals surface area (Å²) in [6, 6.07) is 14.3. The Morgan fingerprint density at radius 2 is 1.83 bits per heavy atom. The molecular weight excluding hydrogens is 516 g/mol. The second-order valence-corrected chi connectivity index (χ2v) is 10.5. The number of carbonyl (C=O) groups excluding carboxylic acids is 1. The van der Waals surface area contributed by atoms with Gasteiger partial charge < -0.3 is 15.5 Å². The molecule has 0 saturated carbocycles. The smallest absolute Gasteiger partial charge is 0.248 e. The lowest BCUT2D eigenvalue weighted by atomic mass is 10.00. The molecule has 8 heteroatoms. The van der Waals surface area contributed by atoms with Crippen LogP contribution in [0.4, 0.5) is 17.2 Å². The number of hydrogen-bond donors (Lipinski definition) is 2. The number of nitrogens with zero attached hydrogens (tertiary/aromatic N) is 4. The van der Waals surface area contributed by atoms with Crippen LogP contribution < -0.4 is 10.6 Å². The molecule has 0 atom stereocenters. The van der Waals surface area contributed by atoms with Gasteiger partial charge in [0.05, 0.1) is 5.52 Å². The number of hydrogen-bond acceptors (Lipinski definition) is 6. The molecule has 2 aliphatic heterocycles. The van der Waals surface area contributed by atoms with Crippen molar-refractivity contribution < 1.29 is 4.79 Å². The molecule has 2 N–H and O–H groups in total. The molecule has 188 valence electrons. The molecule has 3 aromatic rings. The number of nitrogens with one attached hydrogen (secondary N) is 2. The van der Waals surface area contributed by atoms with Gasteiger partial charge in [0.15, 0.2) is 0 Å². The lowest BCUT2D eigenvalue weighted by molar-refractivity contribution is -0.111. The van der Waals surface area contributed by atoms with E-state index >= 15 is 0 Å². The summed E-state index contributed by atoms with van der Waals surface area (Å²) in [6.07, 6.45) is 11.7. The predicted molar refractivity (Wildman–Crippen MR) is 150 cm³/mol. The van der Waals surface area contributed by atoms with Crippen molar-refractivity contribution in [3.63, 3.8) is 0 Å². The van der Waals surface area contributed by atoms with Gasteiger partial charge in [0.1, 0.15) is 12.1 Å². The fraction of sp³-hybridized carbons (Fsp3) is 0.393. The first-order valence-corrected chi connectivity index (χ1v) is 13.6. The van der Waals surface area contributed by atoms with Crippen LogP contribution in [-0.4, -0.2) is 64.4 Å². The SMILES string of the molecule is O=C(C=CCN1CCC(N2CCCCC2)CC1)Nc1ccc2ncnc(Nc3cccc(Br)c3)c2c1. The number of fused-ring (bicyclic) bond motifs is 1. The highest BCUT2D eigenvalue weighted by Gasteiger charge is 2.24. The average Bonchev–Trinajstić information content (AvgIpc) is 2.90. The highest BCUT2D eigenvalue weighted by molar-refractivity contribution is 9.10. The van der Waals surface area contributed by atoms with Crippen LogP contribution in [0.1, 0.15) is 32.1 Å². The molecule has 36 heavy (non-hydrogen) atoms. The molecule has 2 aliphatic rings. The van der Waals surface area contributed by atoms with Gasteiger partial charge in [-0.1, -0.05) is 34.5 Å². The standard InChI is InChI=1S/C28H33BrN6O/c29-21-6-4-7-22(18-21)33-28-25-19-23(9-10-26(25)30-20-31-28)32-27(36)8-5-13-34-16-11-24(12-17-34)35-14-2-1-3-15-35/h4-10,18-20,24H,1-3,11-17H2,(H,32,36)(H,30,31,33). The lowest BCUT2D eigenvalue weighted by Crippen LogP contribution is -2.46. The minimum atomic E-state index is -0.129. The molecule has 2 fully saturated rings. The molecule has 0 aliphatic carbocycles. The van der Waals surface area contributed by atoms with Gasteiger partial charge in [-0.3, -0.25) is 9.69 Å². The molecule has 0 unspecified atom stereocenters. The Kier molecular flexibility index (Phi) is 8.25. The van der Waals surface area contributed by atoms with E-state index in [0.29, 0.717) is 11.5 Å². The number of rotatable bonds is 7. The van der Waals surface area contributed by atoms with Crippen LogP contribution in [0.5, 0.6) is 0 Å². The monoisotopic (exact) mass is 548 g/mol. The first-order valence-electron chi connectivity index (χ1n) is 12.9. The Bertz CT molecular complexity index is 1220. The Morgan fingerprint density at radius 3 is 2.64 bits per heavy atom. The summed E-state index contributed by atoms with van der Waals surface area (Å²) in [5, 5.41) is 7.17. The zero-order chi connectivity index (χ0) is 24.7. The number of anilines is 3. The van der Waals surface area contributed by atoms with Crippen LogP contribution in [-0.2, 0) is 4.79 Å². The maximum absolute atomic E-state index is 12.6. The van der Waals surface area contributed by atoms with E-state index in [1.807, 2.05) is 48.5 Å². The van der Waals surface area contributed by atoms with Gasteiger partial charge in [-0.2, -0.15) is 0 Å². The molecule has 3 heterocycles. The van der Waals surface area contributed by atoms with Gasteiger partial charge >= 0.3 is 0 Å². The minimum Gasteiger partial charge on any atom is -0.340 e. The van der Waals surface area contributed by atoms with Crippen LogP contribution in [0.2, 0.25) is 0 Å². The van der Waals surface area contributed by atoms with Crippen LogP contribution in [0.3, 0.4) is 0 Å². The first kappa shape index (κ1) is 24.9. The van der Waals surface area contributed by atoms with E-state index in [2.05, 4.69) is 46.3 Å². The van der Waals surface area contributed by atoms with Gasteiger partial charge in [-0.15, -0.1) is 0 Å². The second-order valence-electron chi connectivity index (χ2n) is 9.61. The molecular formula is C28H33BrN6O. The van der Waals surface area contributed by atoms with Crippen molar-refractivity contribution >= 4 is 49.9 Å². The number of piperidine rings is 2. The van der Waals surface area contributed by atoms with E-state index in [1.165, 1.54) is 45.2 Å². The van der Waals surface area contributed by atoms with Crippen molar-refractivity contribution in [3.05, 3.63) is 65.4 Å². The number of carbonyl (C=O) groups is 1. The molecule has 0 radical (unpaired) electrons. The molecule has 7 nitrogen and oxygen atoms in total. The van der Waals surface area contributed by atoms with Crippen molar-refractivity contribution in [2.75, 3.05) is 43.4 Å². The number of amides is 1. The maximum atomic E-state index is 12.6. The molecule has 5 rings (SSSR count). The second kappa shape index (κ2) is 12.0. The van der Waals surface area contributed by atoms with Crippen LogP contribution in [0.15, 0.2) is 65.4 Å². The van der Waals surface area contributed by atoms with Gasteiger partial charge in [0.25, 0.3) is 0 Å². The summed E-state index contributed by atoms with van der Waals surface area (Å²) < 4.78 is 0.983. The van der Waals surface area contributed by atoms with Crippen LogP contribution >= 0.6 is 15.9 Å². The third-order valence-corrected chi connectivity index (χ3v) is 7.58. The summed E-state index contributed by atoms with van der Waals surface area (Å²) in [7, 11) is 0. The van der Waals surface area contributed by atoms with E-state index < -0.39 is 0 Å². The van der Waals surface area contributed by atoms with E-state index in [9.17, 15) is 4.79 Å². The van der Waals surface area contributed by atoms with E-state index in [4.69, 9.17) is 0 Å². The van der Waals surface area contributed by atoms with Crippen molar-refractivity contribution in [3.8, 4) is 0 Å². The normalized spacial score (nSPS) is 18.0. The van der Waals surface area contributed by atoms with Gasteiger partial charge in [0.2, 0.25) is 5.91 Å².